The van der Waals surface area contributed by atoms with Crippen LogP contribution in [0.4, 0.5) is 13.2 Å². The standard InChI is InChI=1S/C11H22F3N3O/c1-9(2)17(3)6-4-5-15-7-10(18)16-8-11(12,13)14/h9,15H,4-8H2,1-3H3,(H,16,18). The number of amides is 1. The van der Waals surface area contributed by atoms with E-state index in [9.17, 15) is 18.0 Å². The Morgan fingerprint density at radius 2 is 1.94 bits per heavy atom. The molecule has 0 atom stereocenters. The highest BCUT2D eigenvalue weighted by atomic mass is 19.4. The molecule has 0 fully saturated rings. The lowest BCUT2D eigenvalue weighted by molar-refractivity contribution is -0.137. The molecule has 0 aromatic carbocycles. The third-order valence-electron chi connectivity index (χ3n) is 2.52. The van der Waals surface area contributed by atoms with Gasteiger partial charge in [-0.05, 0) is 40.4 Å². The molecule has 0 bridgehead atoms. The number of nitrogens with zero attached hydrogens (tertiary/aromatic N) is 1. The van der Waals surface area contributed by atoms with Crippen LogP contribution in [-0.2, 0) is 4.79 Å². The maximum Gasteiger partial charge on any atom is 0.405 e. The molecule has 2 N–H and O–H groups in total. The van der Waals surface area contributed by atoms with Crippen molar-refractivity contribution in [3.05, 3.63) is 0 Å². The zero-order valence-electron chi connectivity index (χ0n) is 11.1. The van der Waals surface area contributed by atoms with E-state index in [-0.39, 0.29) is 6.54 Å². The first-order valence-corrected chi connectivity index (χ1v) is 5.97. The molecule has 0 aliphatic carbocycles. The fraction of sp³-hybridized carbons (Fsp3) is 0.909. The Bertz CT molecular complexity index is 244. The van der Waals surface area contributed by atoms with E-state index in [1.807, 2.05) is 7.05 Å². The molecular weight excluding hydrogens is 247 g/mol. The van der Waals surface area contributed by atoms with E-state index in [1.54, 1.807) is 5.32 Å². The Hall–Kier alpha value is -0.820. The van der Waals surface area contributed by atoms with Crippen LogP contribution in [0.15, 0.2) is 0 Å². The Morgan fingerprint density at radius 3 is 2.44 bits per heavy atom. The van der Waals surface area contributed by atoms with E-state index in [2.05, 4.69) is 24.1 Å². The molecule has 18 heavy (non-hydrogen) atoms. The van der Waals surface area contributed by atoms with Crippen molar-refractivity contribution in [1.29, 1.82) is 0 Å². The highest BCUT2D eigenvalue weighted by Crippen LogP contribution is 2.11. The summed E-state index contributed by atoms with van der Waals surface area (Å²) >= 11 is 0. The third-order valence-corrected chi connectivity index (χ3v) is 2.52. The molecule has 0 saturated heterocycles. The Labute approximate surface area is 106 Å². The van der Waals surface area contributed by atoms with E-state index in [1.165, 1.54) is 0 Å². The predicted molar refractivity (Wildman–Crippen MR) is 64.3 cm³/mol. The van der Waals surface area contributed by atoms with Gasteiger partial charge >= 0.3 is 6.18 Å². The molecule has 0 aromatic heterocycles. The predicted octanol–water partition coefficient (Wildman–Crippen LogP) is 0.985. The molecule has 1 amide bonds. The minimum Gasteiger partial charge on any atom is -0.346 e. The number of hydrogen-bond donors (Lipinski definition) is 2. The zero-order valence-corrected chi connectivity index (χ0v) is 11.1. The van der Waals surface area contributed by atoms with Gasteiger partial charge in [-0.3, -0.25) is 4.79 Å². The van der Waals surface area contributed by atoms with Gasteiger partial charge in [-0.15, -0.1) is 0 Å². The fourth-order valence-electron chi connectivity index (χ4n) is 1.17. The van der Waals surface area contributed by atoms with Crippen LogP contribution >= 0.6 is 0 Å². The summed E-state index contributed by atoms with van der Waals surface area (Å²) in [7, 11) is 2.00. The fourth-order valence-corrected chi connectivity index (χ4v) is 1.17. The van der Waals surface area contributed by atoms with E-state index < -0.39 is 18.6 Å². The van der Waals surface area contributed by atoms with Crippen molar-refractivity contribution in [2.75, 3.05) is 33.2 Å². The SMILES string of the molecule is CC(C)N(C)CCCNCC(=O)NCC(F)(F)F. The maximum absolute atomic E-state index is 11.8. The molecule has 0 aromatic rings. The minimum absolute atomic E-state index is 0.0819. The molecule has 0 spiro atoms. The third kappa shape index (κ3) is 10.3. The van der Waals surface area contributed by atoms with Gasteiger partial charge in [0.15, 0.2) is 0 Å². The second-order valence-corrected chi connectivity index (χ2v) is 4.50. The molecule has 0 rings (SSSR count). The summed E-state index contributed by atoms with van der Waals surface area (Å²) in [6.07, 6.45) is -3.50. The highest BCUT2D eigenvalue weighted by molar-refractivity contribution is 5.77. The lowest BCUT2D eigenvalue weighted by Gasteiger charge is -2.20. The molecule has 0 unspecified atom stereocenters. The quantitative estimate of drug-likeness (QED) is 0.646. The summed E-state index contributed by atoms with van der Waals surface area (Å²) in [6, 6.07) is 0.458. The summed E-state index contributed by atoms with van der Waals surface area (Å²) in [5.41, 5.74) is 0. The smallest absolute Gasteiger partial charge is 0.346 e. The maximum atomic E-state index is 11.8. The molecule has 108 valence electrons. The van der Waals surface area contributed by atoms with E-state index >= 15 is 0 Å². The normalized spacial score (nSPS) is 12.2. The van der Waals surface area contributed by atoms with Crippen LogP contribution in [0, 0.1) is 0 Å². The molecule has 0 radical (unpaired) electrons. The van der Waals surface area contributed by atoms with Crippen LogP contribution in [0.2, 0.25) is 0 Å². The van der Waals surface area contributed by atoms with Crippen LogP contribution in [0.25, 0.3) is 0 Å². The van der Waals surface area contributed by atoms with Crippen molar-refractivity contribution in [1.82, 2.24) is 15.5 Å². The molecular formula is C11H22F3N3O. The molecule has 0 aliphatic heterocycles. The number of alkyl halides is 3. The molecule has 0 heterocycles. The topological polar surface area (TPSA) is 44.4 Å². The summed E-state index contributed by atoms with van der Waals surface area (Å²) in [6.45, 7) is 4.30. The Balaban J connectivity index is 3.47. The summed E-state index contributed by atoms with van der Waals surface area (Å²) in [5.74, 6) is -0.635. The summed E-state index contributed by atoms with van der Waals surface area (Å²) in [4.78, 5) is 13.2. The molecule has 7 heteroatoms. The van der Waals surface area contributed by atoms with Crippen LogP contribution in [0.5, 0.6) is 0 Å². The number of nitrogens with one attached hydrogen (secondary N) is 2. The minimum atomic E-state index is -4.35. The van der Waals surface area contributed by atoms with Gasteiger partial charge in [0.25, 0.3) is 0 Å². The lowest BCUT2D eigenvalue weighted by Crippen LogP contribution is -2.39. The first-order valence-electron chi connectivity index (χ1n) is 5.97. The number of rotatable bonds is 8. The van der Waals surface area contributed by atoms with E-state index in [0.29, 0.717) is 12.6 Å². The van der Waals surface area contributed by atoms with Gasteiger partial charge in [0.05, 0.1) is 6.54 Å². The van der Waals surface area contributed by atoms with Crippen LogP contribution in [0.3, 0.4) is 0 Å². The molecule has 4 nitrogen and oxygen atoms in total. The lowest BCUT2D eigenvalue weighted by atomic mass is 10.3. The Morgan fingerprint density at radius 1 is 1.33 bits per heavy atom. The van der Waals surface area contributed by atoms with Crippen molar-refractivity contribution in [2.24, 2.45) is 0 Å². The molecule has 0 saturated carbocycles. The van der Waals surface area contributed by atoms with Crippen molar-refractivity contribution >= 4 is 5.91 Å². The van der Waals surface area contributed by atoms with Crippen molar-refractivity contribution in [2.45, 2.75) is 32.5 Å². The molecule has 0 aliphatic rings. The van der Waals surface area contributed by atoms with Crippen LogP contribution in [-0.4, -0.2) is 56.3 Å². The van der Waals surface area contributed by atoms with Gasteiger partial charge in [-0.25, -0.2) is 0 Å². The van der Waals surface area contributed by atoms with Gasteiger partial charge in [0.1, 0.15) is 6.54 Å². The average Bonchev–Trinajstić information content (AvgIpc) is 2.24. The Kier molecular flexibility index (Phi) is 7.93. The average molecular weight is 269 g/mol. The van der Waals surface area contributed by atoms with Crippen molar-refractivity contribution in [3.8, 4) is 0 Å². The van der Waals surface area contributed by atoms with E-state index in [4.69, 9.17) is 0 Å². The summed E-state index contributed by atoms with van der Waals surface area (Å²) in [5, 5.41) is 4.61. The number of hydrogen-bond acceptors (Lipinski definition) is 3. The van der Waals surface area contributed by atoms with Gasteiger partial charge in [0.2, 0.25) is 5.91 Å². The van der Waals surface area contributed by atoms with Crippen molar-refractivity contribution in [3.63, 3.8) is 0 Å². The second kappa shape index (κ2) is 8.31. The van der Waals surface area contributed by atoms with Crippen LogP contribution in [0.1, 0.15) is 20.3 Å². The largest absolute Gasteiger partial charge is 0.405 e. The first-order chi connectivity index (χ1) is 8.22. The second-order valence-electron chi connectivity index (χ2n) is 4.50. The van der Waals surface area contributed by atoms with Crippen LogP contribution < -0.4 is 10.6 Å². The zero-order chi connectivity index (χ0) is 14.2. The first kappa shape index (κ1) is 17.2. The number of carbonyl (C=O) groups is 1. The summed E-state index contributed by atoms with van der Waals surface area (Å²) < 4.78 is 35.3. The highest BCUT2D eigenvalue weighted by Gasteiger charge is 2.27. The monoisotopic (exact) mass is 269 g/mol. The van der Waals surface area contributed by atoms with Gasteiger partial charge in [-0.2, -0.15) is 13.2 Å². The van der Waals surface area contributed by atoms with Gasteiger partial charge in [0, 0.05) is 6.04 Å². The van der Waals surface area contributed by atoms with Crippen molar-refractivity contribution < 1.29 is 18.0 Å². The van der Waals surface area contributed by atoms with E-state index in [0.717, 1.165) is 13.0 Å². The number of halogens is 3. The van der Waals surface area contributed by atoms with Gasteiger partial charge in [-0.1, -0.05) is 0 Å². The van der Waals surface area contributed by atoms with Gasteiger partial charge < -0.3 is 15.5 Å². The number of carbonyl (C=O) groups excluding carboxylic acids is 1.